The van der Waals surface area contributed by atoms with E-state index in [1.165, 1.54) is 19.3 Å². The first-order valence-corrected chi connectivity index (χ1v) is 12.8. The van der Waals surface area contributed by atoms with Crippen LogP contribution in [0.2, 0.25) is 0 Å². The number of nitrogens with one attached hydrogen (secondary N) is 2. The fourth-order valence-electron chi connectivity index (χ4n) is 3.54. The smallest absolute Gasteiger partial charge is 0.326 e. The van der Waals surface area contributed by atoms with Gasteiger partial charge >= 0.3 is 11.9 Å². The van der Waals surface area contributed by atoms with Crippen molar-refractivity contribution in [2.75, 3.05) is 6.54 Å². The second-order valence-corrected chi connectivity index (χ2v) is 8.80. The highest BCUT2D eigenvalue weighted by atomic mass is 16.4. The van der Waals surface area contributed by atoms with E-state index in [9.17, 15) is 29.1 Å². The number of carbonyl (C=O) groups is 5. The van der Waals surface area contributed by atoms with Crippen LogP contribution < -0.4 is 10.6 Å². The van der Waals surface area contributed by atoms with Gasteiger partial charge in [-0.3, -0.25) is 19.2 Å². The molecule has 0 aliphatic heterocycles. The monoisotopic (exact) mass is 484 g/mol. The summed E-state index contributed by atoms with van der Waals surface area (Å²) in [5.74, 6) is -2.72. The van der Waals surface area contributed by atoms with Crippen LogP contribution >= 0.6 is 0 Å². The first-order chi connectivity index (χ1) is 16.3. The zero-order chi connectivity index (χ0) is 25.6. The molecule has 9 heteroatoms. The number of rotatable bonds is 23. The van der Waals surface area contributed by atoms with Gasteiger partial charge in [-0.1, -0.05) is 71.1 Å². The van der Waals surface area contributed by atoms with Gasteiger partial charge in [0, 0.05) is 25.7 Å². The van der Waals surface area contributed by atoms with Gasteiger partial charge in [0.15, 0.2) is 5.78 Å². The van der Waals surface area contributed by atoms with E-state index in [1.807, 2.05) is 0 Å². The highest BCUT2D eigenvalue weighted by Gasteiger charge is 2.20. The molecule has 9 nitrogen and oxygen atoms in total. The summed E-state index contributed by atoms with van der Waals surface area (Å²) >= 11 is 0. The molecule has 2 amide bonds. The lowest BCUT2D eigenvalue weighted by atomic mass is 10.0. The predicted molar refractivity (Wildman–Crippen MR) is 129 cm³/mol. The summed E-state index contributed by atoms with van der Waals surface area (Å²) in [7, 11) is 0. The molecule has 0 saturated heterocycles. The summed E-state index contributed by atoms with van der Waals surface area (Å²) in [5.41, 5.74) is 0. The van der Waals surface area contributed by atoms with E-state index in [4.69, 9.17) is 5.11 Å². The molecule has 0 unspecified atom stereocenters. The SMILES string of the molecule is CCC(=O)CNC(=O)CC[C@H](NC(=O)CCCCCCCCCCCCCCC(=O)O)C(=O)O. The van der Waals surface area contributed by atoms with E-state index in [0.29, 0.717) is 12.8 Å². The molecule has 0 bridgehead atoms. The lowest BCUT2D eigenvalue weighted by Gasteiger charge is -2.14. The maximum absolute atomic E-state index is 12.0. The van der Waals surface area contributed by atoms with Gasteiger partial charge in [0.1, 0.15) is 6.04 Å². The summed E-state index contributed by atoms with van der Waals surface area (Å²) in [6.45, 7) is 1.64. The van der Waals surface area contributed by atoms with Crippen molar-refractivity contribution in [3.8, 4) is 0 Å². The topological polar surface area (TPSA) is 150 Å². The van der Waals surface area contributed by atoms with Crippen LogP contribution in [-0.4, -0.2) is 52.3 Å². The van der Waals surface area contributed by atoms with Gasteiger partial charge in [0.25, 0.3) is 0 Å². The van der Waals surface area contributed by atoms with Gasteiger partial charge in [-0.15, -0.1) is 0 Å². The second kappa shape index (κ2) is 21.1. The minimum Gasteiger partial charge on any atom is -0.481 e. The normalized spacial score (nSPS) is 11.6. The van der Waals surface area contributed by atoms with Crippen LogP contribution in [0.5, 0.6) is 0 Å². The summed E-state index contributed by atoms with van der Waals surface area (Å²) in [5, 5.41) is 22.8. The van der Waals surface area contributed by atoms with E-state index in [-0.39, 0.29) is 43.9 Å². The Labute approximate surface area is 203 Å². The van der Waals surface area contributed by atoms with Crippen molar-refractivity contribution in [1.29, 1.82) is 0 Å². The highest BCUT2D eigenvalue weighted by Crippen LogP contribution is 2.13. The number of Topliss-reactive ketones (excluding diaryl/α,β-unsaturated/α-hetero) is 1. The van der Waals surface area contributed by atoms with Crippen molar-refractivity contribution in [3.05, 3.63) is 0 Å². The zero-order valence-corrected chi connectivity index (χ0v) is 20.7. The number of carboxylic acid groups (broad SMARTS) is 2. The molecule has 0 aliphatic carbocycles. The van der Waals surface area contributed by atoms with Crippen LogP contribution in [0.1, 0.15) is 116 Å². The third kappa shape index (κ3) is 20.2. The number of hydrogen-bond acceptors (Lipinski definition) is 5. The molecule has 0 spiro atoms. The average molecular weight is 485 g/mol. The minimum atomic E-state index is -1.17. The molecular weight excluding hydrogens is 440 g/mol. The Morgan fingerprint density at radius 2 is 1.12 bits per heavy atom. The van der Waals surface area contributed by atoms with Gasteiger partial charge in [-0.2, -0.15) is 0 Å². The van der Waals surface area contributed by atoms with Gasteiger partial charge in [-0.05, 0) is 19.3 Å². The molecule has 0 fully saturated rings. The Morgan fingerprint density at radius 1 is 0.647 bits per heavy atom. The summed E-state index contributed by atoms with van der Waals surface area (Å²) in [4.78, 5) is 56.7. The van der Waals surface area contributed by atoms with E-state index >= 15 is 0 Å². The van der Waals surface area contributed by atoms with Gasteiger partial charge in [-0.25, -0.2) is 4.79 Å². The third-order valence-electron chi connectivity index (χ3n) is 5.71. The molecule has 1 atom stereocenters. The van der Waals surface area contributed by atoms with Crippen molar-refractivity contribution < 1.29 is 34.2 Å². The summed E-state index contributed by atoms with van der Waals surface area (Å²) in [6, 6.07) is -1.11. The van der Waals surface area contributed by atoms with Gasteiger partial charge in [0.05, 0.1) is 6.54 Å². The predicted octanol–water partition coefficient (Wildman–Crippen LogP) is 3.98. The molecule has 0 aromatic heterocycles. The Hall–Kier alpha value is -2.45. The largest absolute Gasteiger partial charge is 0.481 e. The van der Waals surface area contributed by atoms with Crippen molar-refractivity contribution in [2.45, 2.75) is 122 Å². The van der Waals surface area contributed by atoms with Crippen LogP contribution in [0.25, 0.3) is 0 Å². The standard InChI is InChI=1S/C25H44N2O7/c1-2-20(28)19-26-22(29)18-17-21(25(33)34)27-23(30)15-13-11-9-7-5-3-4-6-8-10-12-14-16-24(31)32/h21H,2-19H2,1H3,(H,26,29)(H,27,30)(H,31,32)(H,33,34)/t21-/m0/s1. The Balaban J connectivity index is 3.70. The molecular formula is C25H44N2O7. The number of hydrogen-bond donors (Lipinski definition) is 4. The molecule has 4 N–H and O–H groups in total. The maximum atomic E-state index is 12.0. The lowest BCUT2D eigenvalue weighted by molar-refractivity contribution is -0.142. The number of unbranched alkanes of at least 4 members (excludes halogenated alkanes) is 11. The van der Waals surface area contributed by atoms with Crippen LogP contribution in [0.4, 0.5) is 0 Å². The minimum absolute atomic E-state index is 0.0183. The van der Waals surface area contributed by atoms with Crippen molar-refractivity contribution in [1.82, 2.24) is 10.6 Å². The number of ketones is 1. The first-order valence-electron chi connectivity index (χ1n) is 12.8. The number of carbonyl (C=O) groups excluding carboxylic acids is 3. The number of aliphatic carboxylic acids is 2. The van der Waals surface area contributed by atoms with Crippen molar-refractivity contribution in [3.63, 3.8) is 0 Å². The first kappa shape index (κ1) is 31.6. The van der Waals surface area contributed by atoms with Gasteiger partial charge < -0.3 is 20.8 Å². The van der Waals surface area contributed by atoms with Crippen LogP contribution in [-0.2, 0) is 24.0 Å². The molecule has 34 heavy (non-hydrogen) atoms. The molecule has 0 rings (SSSR count). The Bertz CT molecular complexity index is 622. The van der Waals surface area contributed by atoms with E-state index in [1.54, 1.807) is 6.92 Å². The van der Waals surface area contributed by atoms with Gasteiger partial charge in [0.2, 0.25) is 11.8 Å². The molecule has 0 radical (unpaired) electrons. The molecule has 0 saturated carbocycles. The fourth-order valence-corrected chi connectivity index (χ4v) is 3.54. The number of amides is 2. The van der Waals surface area contributed by atoms with Crippen molar-refractivity contribution >= 4 is 29.5 Å². The fraction of sp³-hybridized carbons (Fsp3) is 0.800. The summed E-state index contributed by atoms with van der Waals surface area (Å²) in [6.07, 6.45) is 13.3. The van der Waals surface area contributed by atoms with Crippen LogP contribution in [0.15, 0.2) is 0 Å². The average Bonchev–Trinajstić information content (AvgIpc) is 2.79. The molecule has 196 valence electrons. The molecule has 0 heterocycles. The molecule has 0 aromatic carbocycles. The number of carboxylic acids is 2. The second-order valence-electron chi connectivity index (χ2n) is 8.80. The Kier molecular flexibility index (Phi) is 19.6. The molecule has 0 aromatic rings. The zero-order valence-electron chi connectivity index (χ0n) is 20.7. The van der Waals surface area contributed by atoms with E-state index < -0.39 is 23.9 Å². The Morgan fingerprint density at radius 3 is 1.56 bits per heavy atom. The lowest BCUT2D eigenvalue weighted by Crippen LogP contribution is -2.41. The third-order valence-corrected chi connectivity index (χ3v) is 5.71. The van der Waals surface area contributed by atoms with E-state index in [2.05, 4.69) is 10.6 Å². The van der Waals surface area contributed by atoms with Crippen LogP contribution in [0.3, 0.4) is 0 Å². The van der Waals surface area contributed by atoms with Crippen LogP contribution in [0, 0.1) is 0 Å². The van der Waals surface area contributed by atoms with Crippen molar-refractivity contribution in [2.24, 2.45) is 0 Å². The summed E-state index contributed by atoms with van der Waals surface area (Å²) < 4.78 is 0. The highest BCUT2D eigenvalue weighted by molar-refractivity contribution is 5.87. The van der Waals surface area contributed by atoms with E-state index in [0.717, 1.165) is 51.4 Å². The quantitative estimate of drug-likeness (QED) is 0.160. The molecule has 0 aliphatic rings. The maximum Gasteiger partial charge on any atom is 0.326 e.